The van der Waals surface area contributed by atoms with Crippen molar-refractivity contribution in [3.05, 3.63) is 30.0 Å². The highest BCUT2D eigenvalue weighted by Gasteiger charge is 2.32. The molecule has 2 aromatic heterocycles. The molecule has 1 aliphatic heterocycles. The van der Waals surface area contributed by atoms with E-state index in [1.54, 1.807) is 23.4 Å². The Balaban J connectivity index is 1.70. The van der Waals surface area contributed by atoms with Gasteiger partial charge in [0.05, 0.1) is 11.8 Å². The normalized spacial score (nSPS) is 16.7. The number of imidazole rings is 1. The van der Waals surface area contributed by atoms with Gasteiger partial charge in [0.1, 0.15) is 5.82 Å². The van der Waals surface area contributed by atoms with Crippen LogP contribution < -0.4 is 0 Å². The van der Waals surface area contributed by atoms with Crippen molar-refractivity contribution < 1.29 is 13.2 Å². The molecule has 0 aromatic carbocycles. The summed E-state index contributed by atoms with van der Waals surface area (Å²) in [5, 5.41) is 6.40. The van der Waals surface area contributed by atoms with Crippen molar-refractivity contribution in [2.45, 2.75) is 11.9 Å². The summed E-state index contributed by atoms with van der Waals surface area (Å²) in [6.45, 7) is 2.94. The SMILES string of the molecule is Cc1nc(S(=O)(=O)N2CCN(C(=O)c3cn[nH]c3)CC2)cn1C. The van der Waals surface area contributed by atoms with Crippen LogP contribution >= 0.6 is 0 Å². The lowest BCUT2D eigenvalue weighted by atomic mass is 10.2. The van der Waals surface area contributed by atoms with Crippen LogP contribution in [0.1, 0.15) is 16.2 Å². The first-order valence-electron chi connectivity index (χ1n) is 7.18. The second-order valence-electron chi connectivity index (χ2n) is 5.42. The molecule has 0 radical (unpaired) electrons. The van der Waals surface area contributed by atoms with Crippen LogP contribution in [0.3, 0.4) is 0 Å². The molecule has 2 aromatic rings. The van der Waals surface area contributed by atoms with E-state index in [0.717, 1.165) is 0 Å². The van der Waals surface area contributed by atoms with Crippen LogP contribution in [0.4, 0.5) is 0 Å². The third kappa shape index (κ3) is 2.86. The number of nitrogens with one attached hydrogen (secondary N) is 1. The molecule has 1 aliphatic rings. The number of piperazine rings is 1. The Morgan fingerprint density at radius 1 is 1.26 bits per heavy atom. The molecule has 1 saturated heterocycles. The van der Waals surface area contributed by atoms with E-state index in [9.17, 15) is 13.2 Å². The Bertz CT molecular complexity index is 783. The first-order valence-corrected chi connectivity index (χ1v) is 8.62. The van der Waals surface area contributed by atoms with Crippen LogP contribution in [0.15, 0.2) is 23.6 Å². The number of aryl methyl sites for hydroxylation is 2. The van der Waals surface area contributed by atoms with Crippen LogP contribution in [-0.2, 0) is 17.1 Å². The number of nitrogens with zero attached hydrogens (tertiary/aromatic N) is 5. The summed E-state index contributed by atoms with van der Waals surface area (Å²) in [6, 6.07) is 0. The van der Waals surface area contributed by atoms with Crippen LogP contribution in [0.5, 0.6) is 0 Å². The molecule has 0 aliphatic carbocycles. The zero-order chi connectivity index (χ0) is 16.6. The first kappa shape index (κ1) is 15.7. The van der Waals surface area contributed by atoms with Gasteiger partial charge >= 0.3 is 0 Å². The molecule has 1 amide bonds. The third-order valence-electron chi connectivity index (χ3n) is 3.96. The van der Waals surface area contributed by atoms with Crippen molar-refractivity contribution in [1.82, 2.24) is 29.0 Å². The number of H-pyrrole nitrogens is 1. The highest BCUT2D eigenvalue weighted by molar-refractivity contribution is 7.89. The fourth-order valence-corrected chi connectivity index (χ4v) is 3.91. The van der Waals surface area contributed by atoms with Crippen LogP contribution in [-0.4, -0.2) is 69.5 Å². The predicted octanol–water partition coefficient (Wildman–Crippen LogP) is -0.402. The van der Waals surface area contributed by atoms with Crippen LogP contribution in [0.25, 0.3) is 0 Å². The van der Waals surface area contributed by atoms with Gasteiger partial charge in [0.15, 0.2) is 5.03 Å². The molecule has 0 bridgehead atoms. The first-order chi connectivity index (χ1) is 10.9. The van der Waals surface area contributed by atoms with E-state index >= 15 is 0 Å². The second kappa shape index (κ2) is 5.78. The minimum Gasteiger partial charge on any atom is -0.337 e. The summed E-state index contributed by atoms with van der Waals surface area (Å²) in [7, 11) is -1.87. The molecule has 9 nitrogen and oxygen atoms in total. The number of sulfonamides is 1. The average molecular weight is 338 g/mol. The lowest BCUT2D eigenvalue weighted by Gasteiger charge is -2.33. The van der Waals surface area contributed by atoms with Gasteiger partial charge < -0.3 is 9.47 Å². The predicted molar refractivity (Wildman–Crippen MR) is 81.2 cm³/mol. The number of carbonyl (C=O) groups excluding carboxylic acids is 1. The van der Waals surface area contributed by atoms with Gasteiger partial charge in [-0.25, -0.2) is 13.4 Å². The molecule has 1 fully saturated rings. The van der Waals surface area contributed by atoms with Crippen molar-refractivity contribution in [1.29, 1.82) is 0 Å². The van der Waals surface area contributed by atoms with E-state index in [0.29, 0.717) is 24.5 Å². The maximum atomic E-state index is 12.6. The number of hydrogen-bond donors (Lipinski definition) is 1. The topological polar surface area (TPSA) is 104 Å². The van der Waals surface area contributed by atoms with E-state index in [1.807, 2.05) is 0 Å². The molecule has 124 valence electrons. The summed E-state index contributed by atoms with van der Waals surface area (Å²) in [4.78, 5) is 17.9. The van der Waals surface area contributed by atoms with Crippen molar-refractivity contribution in [3.63, 3.8) is 0 Å². The fraction of sp³-hybridized carbons (Fsp3) is 0.462. The van der Waals surface area contributed by atoms with Gasteiger partial charge in [-0.1, -0.05) is 0 Å². The van der Waals surface area contributed by atoms with Gasteiger partial charge in [-0.3, -0.25) is 9.89 Å². The number of aromatic nitrogens is 4. The van der Waals surface area contributed by atoms with Crippen molar-refractivity contribution in [2.24, 2.45) is 7.05 Å². The monoisotopic (exact) mass is 338 g/mol. The Kier molecular flexibility index (Phi) is 3.94. The van der Waals surface area contributed by atoms with Gasteiger partial charge in [0.25, 0.3) is 15.9 Å². The van der Waals surface area contributed by atoms with E-state index in [1.165, 1.54) is 22.9 Å². The van der Waals surface area contributed by atoms with Crippen molar-refractivity contribution in [3.8, 4) is 0 Å². The zero-order valence-electron chi connectivity index (χ0n) is 12.9. The average Bonchev–Trinajstić information content (AvgIpc) is 3.18. The Hall–Kier alpha value is -2.20. The molecule has 0 atom stereocenters. The smallest absolute Gasteiger partial charge is 0.262 e. The summed E-state index contributed by atoms with van der Waals surface area (Å²) in [5.74, 6) is 0.488. The maximum Gasteiger partial charge on any atom is 0.262 e. The lowest BCUT2D eigenvalue weighted by molar-refractivity contribution is 0.0698. The zero-order valence-corrected chi connectivity index (χ0v) is 13.7. The highest BCUT2D eigenvalue weighted by Crippen LogP contribution is 2.17. The third-order valence-corrected chi connectivity index (χ3v) is 5.73. The number of aromatic amines is 1. The number of amides is 1. The van der Waals surface area contributed by atoms with Gasteiger partial charge in [-0.2, -0.15) is 9.40 Å². The van der Waals surface area contributed by atoms with Crippen LogP contribution in [0, 0.1) is 6.92 Å². The van der Waals surface area contributed by atoms with E-state index in [2.05, 4.69) is 15.2 Å². The molecule has 0 saturated carbocycles. The van der Waals surface area contributed by atoms with Crippen LogP contribution in [0.2, 0.25) is 0 Å². The highest BCUT2D eigenvalue weighted by atomic mass is 32.2. The standard InChI is InChI=1S/C13H18N6O3S/c1-10-16-12(9-17(10)2)23(21,22)19-5-3-18(4-6-19)13(20)11-7-14-15-8-11/h7-9H,3-6H2,1-2H3,(H,14,15). The summed E-state index contributed by atoms with van der Waals surface area (Å²) in [6.07, 6.45) is 4.50. The summed E-state index contributed by atoms with van der Waals surface area (Å²) in [5.41, 5.74) is 0.474. The van der Waals surface area contributed by atoms with E-state index in [4.69, 9.17) is 0 Å². The van der Waals surface area contributed by atoms with Gasteiger partial charge in [0, 0.05) is 45.6 Å². The molecular weight excluding hydrogens is 320 g/mol. The van der Waals surface area contributed by atoms with E-state index < -0.39 is 10.0 Å². The number of carbonyl (C=O) groups is 1. The Morgan fingerprint density at radius 3 is 2.48 bits per heavy atom. The Labute approximate surface area is 134 Å². The molecule has 0 spiro atoms. The van der Waals surface area contributed by atoms with Crippen molar-refractivity contribution >= 4 is 15.9 Å². The summed E-state index contributed by atoms with van der Waals surface area (Å²) >= 11 is 0. The molecule has 0 unspecified atom stereocenters. The second-order valence-corrected chi connectivity index (χ2v) is 7.31. The largest absolute Gasteiger partial charge is 0.337 e. The summed E-state index contributed by atoms with van der Waals surface area (Å²) < 4.78 is 28.2. The number of rotatable bonds is 3. The number of hydrogen-bond acceptors (Lipinski definition) is 5. The van der Waals surface area contributed by atoms with Gasteiger partial charge in [0.2, 0.25) is 0 Å². The molecule has 23 heavy (non-hydrogen) atoms. The molecule has 1 N–H and O–H groups in total. The van der Waals surface area contributed by atoms with E-state index in [-0.39, 0.29) is 24.0 Å². The molecular formula is C13H18N6O3S. The van der Waals surface area contributed by atoms with Gasteiger partial charge in [-0.15, -0.1) is 0 Å². The molecule has 3 rings (SSSR count). The van der Waals surface area contributed by atoms with Gasteiger partial charge in [-0.05, 0) is 6.92 Å². The van der Waals surface area contributed by atoms with Crippen molar-refractivity contribution in [2.75, 3.05) is 26.2 Å². The minimum atomic E-state index is -3.62. The fourth-order valence-electron chi connectivity index (χ4n) is 2.46. The molecule has 10 heteroatoms. The lowest BCUT2D eigenvalue weighted by Crippen LogP contribution is -2.50. The quantitative estimate of drug-likeness (QED) is 0.820. The molecule has 3 heterocycles. The Morgan fingerprint density at radius 2 is 1.96 bits per heavy atom. The maximum absolute atomic E-state index is 12.6. The minimum absolute atomic E-state index is 0.0483.